The Morgan fingerprint density at radius 1 is 1.20 bits per heavy atom. The van der Waals surface area contributed by atoms with Gasteiger partial charge >= 0.3 is 5.97 Å². The fourth-order valence-corrected chi connectivity index (χ4v) is 7.84. The lowest BCUT2D eigenvalue weighted by molar-refractivity contribution is -0.147. The molecule has 4 rings (SSSR count). The summed E-state index contributed by atoms with van der Waals surface area (Å²) >= 11 is 0. The lowest BCUT2D eigenvalue weighted by atomic mass is 9.44. The van der Waals surface area contributed by atoms with Crippen LogP contribution in [0.15, 0.2) is 23.8 Å². The van der Waals surface area contributed by atoms with Crippen molar-refractivity contribution in [2.45, 2.75) is 59.3 Å². The quantitative estimate of drug-likeness (QED) is 0.710. The molecule has 0 aromatic rings. The van der Waals surface area contributed by atoms with Gasteiger partial charge in [0.15, 0.2) is 11.6 Å². The van der Waals surface area contributed by atoms with Gasteiger partial charge in [-0.25, -0.2) is 0 Å². The summed E-state index contributed by atoms with van der Waals surface area (Å²) in [7, 11) is 0. The monoisotopic (exact) mass is 414 g/mol. The van der Waals surface area contributed by atoms with E-state index in [0.29, 0.717) is 24.2 Å². The minimum absolute atomic E-state index is 0.0177. The van der Waals surface area contributed by atoms with Gasteiger partial charge in [-0.1, -0.05) is 26.0 Å². The maximum Gasteiger partial charge on any atom is 0.302 e. The Labute approximate surface area is 178 Å². The third-order valence-electron chi connectivity index (χ3n) is 9.28. The smallest absolute Gasteiger partial charge is 0.302 e. The third kappa shape index (κ3) is 3.04. The first-order chi connectivity index (χ1) is 14.1. The van der Waals surface area contributed by atoms with Gasteiger partial charge in [0, 0.05) is 30.6 Å². The number of ketones is 2. The van der Waals surface area contributed by atoms with Crippen molar-refractivity contribution >= 4 is 17.5 Å². The molecule has 0 aromatic carbocycles. The molecular formula is C25H34O5. The minimum atomic E-state index is -0.370. The largest absolute Gasteiger partial charge is 0.466 e. The summed E-state index contributed by atoms with van der Waals surface area (Å²) in [5.74, 6) is 0.858. The number of aliphatic hydroxyl groups excluding tert-OH is 1. The molecule has 7 atom stereocenters. The average Bonchev–Trinajstić information content (AvgIpc) is 3.04. The van der Waals surface area contributed by atoms with E-state index >= 15 is 0 Å². The molecule has 164 valence electrons. The molecule has 1 N–H and O–H groups in total. The van der Waals surface area contributed by atoms with Gasteiger partial charge in [-0.2, -0.15) is 0 Å². The highest BCUT2D eigenvalue weighted by Gasteiger charge is 2.62. The molecule has 0 spiro atoms. The molecule has 3 saturated carbocycles. The van der Waals surface area contributed by atoms with E-state index in [0.717, 1.165) is 43.3 Å². The topological polar surface area (TPSA) is 80.7 Å². The second-order valence-corrected chi connectivity index (χ2v) is 10.5. The van der Waals surface area contributed by atoms with Crippen LogP contribution >= 0.6 is 0 Å². The first-order valence-electron chi connectivity index (χ1n) is 11.3. The summed E-state index contributed by atoms with van der Waals surface area (Å²) in [5, 5.41) is 9.49. The zero-order chi connectivity index (χ0) is 21.8. The molecule has 1 unspecified atom stereocenters. The summed E-state index contributed by atoms with van der Waals surface area (Å²) < 4.78 is 5.41. The highest BCUT2D eigenvalue weighted by molar-refractivity contribution is 5.93. The predicted octanol–water partition coefficient (Wildman–Crippen LogP) is 3.65. The Morgan fingerprint density at radius 3 is 2.60 bits per heavy atom. The van der Waals surface area contributed by atoms with Crippen LogP contribution in [0.3, 0.4) is 0 Å². The molecule has 5 nitrogen and oxygen atoms in total. The molecule has 4 aliphatic rings. The Bertz CT molecular complexity index is 825. The third-order valence-corrected chi connectivity index (χ3v) is 9.28. The molecule has 0 saturated heterocycles. The summed E-state index contributed by atoms with van der Waals surface area (Å²) in [6, 6.07) is 0. The molecule has 3 fully saturated rings. The van der Waals surface area contributed by atoms with E-state index in [2.05, 4.69) is 20.4 Å². The summed E-state index contributed by atoms with van der Waals surface area (Å²) in [6.45, 7) is 10.2. The Balaban J connectivity index is 1.71. The van der Waals surface area contributed by atoms with Crippen molar-refractivity contribution in [2.75, 3.05) is 13.2 Å². The van der Waals surface area contributed by atoms with Crippen LogP contribution in [0.25, 0.3) is 0 Å². The zero-order valence-electron chi connectivity index (χ0n) is 18.4. The fourth-order valence-electron chi connectivity index (χ4n) is 7.84. The van der Waals surface area contributed by atoms with Crippen LogP contribution in [-0.4, -0.2) is 35.9 Å². The number of aliphatic hydroxyl groups is 1. The number of Topliss-reactive ketones (excluding diaryl/α,β-unsaturated/α-hetero) is 1. The molecule has 0 bridgehead atoms. The van der Waals surface area contributed by atoms with Crippen LogP contribution in [0.2, 0.25) is 0 Å². The van der Waals surface area contributed by atoms with Gasteiger partial charge in [0.25, 0.3) is 0 Å². The van der Waals surface area contributed by atoms with Gasteiger partial charge in [0.1, 0.15) is 6.61 Å². The number of esters is 1. The van der Waals surface area contributed by atoms with E-state index in [1.807, 2.05) is 0 Å². The number of hydrogen-bond acceptors (Lipinski definition) is 5. The Kier molecular flexibility index (Phi) is 5.32. The van der Waals surface area contributed by atoms with E-state index in [1.165, 1.54) is 6.92 Å². The molecule has 30 heavy (non-hydrogen) atoms. The lowest BCUT2D eigenvalue weighted by Gasteiger charge is -2.60. The molecule has 0 amide bonds. The molecule has 0 radical (unpaired) electrons. The maximum absolute atomic E-state index is 12.5. The van der Waals surface area contributed by atoms with Crippen molar-refractivity contribution in [2.24, 2.45) is 40.4 Å². The Morgan fingerprint density at radius 2 is 1.93 bits per heavy atom. The predicted molar refractivity (Wildman–Crippen MR) is 112 cm³/mol. The maximum atomic E-state index is 12.5. The number of rotatable bonds is 4. The number of fused-ring (bicyclic) bond motifs is 5. The van der Waals surface area contributed by atoms with E-state index in [9.17, 15) is 19.5 Å². The number of carbonyl (C=O) groups is 3. The molecule has 0 aromatic heterocycles. The number of ether oxygens (including phenoxy) is 1. The van der Waals surface area contributed by atoms with Gasteiger partial charge in [-0.05, 0) is 66.9 Å². The number of hydrogen-bond donors (Lipinski definition) is 1. The van der Waals surface area contributed by atoms with E-state index in [4.69, 9.17) is 4.74 Å². The van der Waals surface area contributed by atoms with Gasteiger partial charge < -0.3 is 9.84 Å². The minimum Gasteiger partial charge on any atom is -0.466 e. The van der Waals surface area contributed by atoms with Gasteiger partial charge in [0.05, 0.1) is 6.61 Å². The second-order valence-electron chi connectivity index (χ2n) is 10.5. The van der Waals surface area contributed by atoms with Crippen molar-refractivity contribution in [3.05, 3.63) is 23.8 Å². The highest BCUT2D eigenvalue weighted by Crippen LogP contribution is 2.68. The standard InChI is InChI=1S/C25H34O5/c1-14-9-18-19-5-6-21(23(29)12-26)24(19,3)8-7-20(18)25(4)16(13-30-15(2)27)10-17(28)11-22(14)25/h11,16,18-21,26H,1,5-10,12-13H2,2-4H3/t16?,18-,19-,20-,21+,24-,25+/m0/s1. The van der Waals surface area contributed by atoms with Gasteiger partial charge in [-0.15, -0.1) is 0 Å². The summed E-state index contributed by atoms with van der Waals surface area (Å²) in [6.07, 6.45) is 6.85. The van der Waals surface area contributed by atoms with Crippen LogP contribution in [0.5, 0.6) is 0 Å². The second kappa shape index (κ2) is 7.44. The Hall–Kier alpha value is -1.75. The molecule has 0 heterocycles. The molecular weight excluding hydrogens is 380 g/mol. The van der Waals surface area contributed by atoms with Crippen molar-refractivity contribution < 1.29 is 24.2 Å². The molecule has 4 aliphatic carbocycles. The van der Waals surface area contributed by atoms with Gasteiger partial charge in [-0.3, -0.25) is 14.4 Å². The van der Waals surface area contributed by atoms with E-state index in [-0.39, 0.29) is 53.4 Å². The summed E-state index contributed by atoms with van der Waals surface area (Å²) in [4.78, 5) is 36.5. The molecule has 0 aliphatic heterocycles. The number of carbonyl (C=O) groups excluding carboxylic acids is 3. The fraction of sp³-hybridized carbons (Fsp3) is 0.720. The van der Waals surface area contributed by atoms with Gasteiger partial charge in [0.2, 0.25) is 0 Å². The number of allylic oxidation sites excluding steroid dienone is 2. The zero-order valence-corrected chi connectivity index (χ0v) is 18.4. The van der Waals surface area contributed by atoms with Crippen molar-refractivity contribution in [3.8, 4) is 0 Å². The first kappa shape index (κ1) is 21.5. The van der Waals surface area contributed by atoms with Crippen LogP contribution in [0.4, 0.5) is 0 Å². The van der Waals surface area contributed by atoms with E-state index in [1.54, 1.807) is 6.08 Å². The van der Waals surface area contributed by atoms with E-state index < -0.39 is 0 Å². The average molecular weight is 415 g/mol. The van der Waals surface area contributed by atoms with Crippen LogP contribution < -0.4 is 0 Å². The van der Waals surface area contributed by atoms with Crippen LogP contribution in [0.1, 0.15) is 59.3 Å². The normalized spacial score (nSPS) is 42.7. The summed E-state index contributed by atoms with van der Waals surface area (Å²) in [5.41, 5.74) is 1.76. The van der Waals surface area contributed by atoms with Crippen LogP contribution in [-0.2, 0) is 19.1 Å². The first-order valence-corrected chi connectivity index (χ1v) is 11.3. The van der Waals surface area contributed by atoms with Crippen molar-refractivity contribution in [1.82, 2.24) is 0 Å². The van der Waals surface area contributed by atoms with Crippen molar-refractivity contribution in [3.63, 3.8) is 0 Å². The van der Waals surface area contributed by atoms with Crippen molar-refractivity contribution in [1.29, 1.82) is 0 Å². The molecule has 5 heteroatoms. The SMILES string of the molecule is C=C1C[C@H]2[C@@H]3CC[C@H](C(=O)CO)[C@@]3(C)CC[C@@H]2[C@]2(C)C1=CC(=O)CC2COC(C)=O. The highest BCUT2D eigenvalue weighted by atomic mass is 16.5. The lowest BCUT2D eigenvalue weighted by Crippen LogP contribution is -2.55. The van der Waals surface area contributed by atoms with Crippen LogP contribution in [0, 0.1) is 40.4 Å².